The van der Waals surface area contributed by atoms with Gasteiger partial charge in [0, 0.05) is 38.1 Å². The minimum atomic E-state index is -5.25. The third kappa shape index (κ3) is 5.29. The van der Waals surface area contributed by atoms with Gasteiger partial charge in [0.2, 0.25) is 0 Å². The minimum Gasteiger partial charge on any atom is -0.354 e. The molecule has 1 aliphatic carbocycles. The summed E-state index contributed by atoms with van der Waals surface area (Å²) in [5.41, 5.74) is -3.99. The summed E-state index contributed by atoms with van der Waals surface area (Å²) in [5, 5.41) is 6.53. The van der Waals surface area contributed by atoms with E-state index in [9.17, 15) is 21.6 Å². The van der Waals surface area contributed by atoms with Gasteiger partial charge in [-0.2, -0.15) is 17.5 Å². The van der Waals surface area contributed by atoms with Crippen molar-refractivity contribution in [3.8, 4) is 0 Å². The van der Waals surface area contributed by atoms with Crippen molar-refractivity contribution < 1.29 is 21.6 Å². The van der Waals surface area contributed by atoms with Crippen LogP contribution < -0.4 is 10.6 Å². The van der Waals surface area contributed by atoms with E-state index in [2.05, 4.69) is 27.8 Å². The van der Waals surface area contributed by atoms with E-state index in [0.717, 1.165) is 6.42 Å². The summed E-state index contributed by atoms with van der Waals surface area (Å²) >= 11 is 0. The van der Waals surface area contributed by atoms with Gasteiger partial charge in [0.1, 0.15) is 0 Å². The largest absolute Gasteiger partial charge is 0.511 e. The monoisotopic (exact) mass is 532 g/mol. The summed E-state index contributed by atoms with van der Waals surface area (Å²) in [4.78, 5) is 4.18. The van der Waals surface area contributed by atoms with Crippen molar-refractivity contribution in [2.75, 3.05) is 20.1 Å². The highest BCUT2D eigenvalue weighted by atomic mass is 127. The molecule has 28 heavy (non-hydrogen) atoms. The molecule has 0 radical (unpaired) electrons. The van der Waals surface area contributed by atoms with E-state index < -0.39 is 15.5 Å². The van der Waals surface area contributed by atoms with Crippen molar-refractivity contribution in [2.24, 2.45) is 4.99 Å². The average molecular weight is 532 g/mol. The van der Waals surface area contributed by atoms with Gasteiger partial charge in [-0.05, 0) is 24.8 Å². The van der Waals surface area contributed by atoms with E-state index in [1.165, 1.54) is 5.56 Å². The Labute approximate surface area is 180 Å². The van der Waals surface area contributed by atoms with Gasteiger partial charge in [-0.1, -0.05) is 30.3 Å². The summed E-state index contributed by atoms with van der Waals surface area (Å²) in [6, 6.07) is 10.3. The first-order chi connectivity index (χ1) is 12.7. The van der Waals surface area contributed by atoms with Crippen molar-refractivity contribution in [2.45, 2.75) is 42.8 Å². The molecule has 2 aliphatic rings. The Morgan fingerprint density at radius 2 is 1.75 bits per heavy atom. The lowest BCUT2D eigenvalue weighted by molar-refractivity contribution is -0.0494. The average Bonchev–Trinajstić information content (AvgIpc) is 3.40. The first-order valence-electron chi connectivity index (χ1n) is 8.83. The number of halogens is 4. The number of aliphatic imine (C=N–C) groups is 1. The molecule has 2 atom stereocenters. The molecule has 0 amide bonds. The van der Waals surface area contributed by atoms with Crippen LogP contribution in [0.15, 0.2) is 35.3 Å². The van der Waals surface area contributed by atoms with Crippen LogP contribution in [0.25, 0.3) is 0 Å². The Kier molecular flexibility index (Phi) is 7.59. The molecule has 1 aromatic carbocycles. The fraction of sp³-hybridized carbons (Fsp3) is 0.588. The number of hydrogen-bond acceptors (Lipinski definition) is 3. The van der Waals surface area contributed by atoms with E-state index in [0.29, 0.717) is 29.0 Å². The number of piperidine rings is 1. The molecule has 1 saturated heterocycles. The highest BCUT2D eigenvalue weighted by Crippen LogP contribution is 2.40. The topological polar surface area (TPSA) is 73.8 Å². The van der Waals surface area contributed by atoms with Gasteiger partial charge in [-0.15, -0.1) is 24.0 Å². The lowest BCUT2D eigenvalue weighted by atomic mass is 10.1. The predicted octanol–water partition coefficient (Wildman–Crippen LogP) is 2.64. The van der Waals surface area contributed by atoms with Crippen LogP contribution in [0.5, 0.6) is 0 Å². The van der Waals surface area contributed by atoms with Crippen LogP contribution in [0.1, 0.15) is 30.7 Å². The Morgan fingerprint density at radius 1 is 1.14 bits per heavy atom. The van der Waals surface area contributed by atoms with Gasteiger partial charge >= 0.3 is 15.5 Å². The SMILES string of the molecule is CN=C(NC1CCN(S(=O)(=O)C(F)(F)F)CC1)NC1CC1c1ccccc1.I. The van der Waals surface area contributed by atoms with E-state index in [-0.39, 0.29) is 49.1 Å². The third-order valence-corrected chi connectivity index (χ3v) is 6.62. The van der Waals surface area contributed by atoms with E-state index in [1.807, 2.05) is 18.2 Å². The van der Waals surface area contributed by atoms with Crippen molar-refractivity contribution >= 4 is 40.0 Å². The number of rotatable bonds is 4. The van der Waals surface area contributed by atoms with Crippen LogP contribution in [0.4, 0.5) is 13.2 Å². The van der Waals surface area contributed by atoms with Crippen molar-refractivity contribution in [1.29, 1.82) is 0 Å². The van der Waals surface area contributed by atoms with Crippen molar-refractivity contribution in [3.63, 3.8) is 0 Å². The Morgan fingerprint density at radius 3 is 2.29 bits per heavy atom. The molecule has 1 aromatic rings. The number of nitrogens with one attached hydrogen (secondary N) is 2. The highest BCUT2D eigenvalue weighted by Gasteiger charge is 2.50. The molecule has 3 rings (SSSR count). The molecular weight excluding hydrogens is 508 g/mol. The smallest absolute Gasteiger partial charge is 0.354 e. The van der Waals surface area contributed by atoms with E-state index in [1.54, 1.807) is 7.05 Å². The molecule has 2 N–H and O–H groups in total. The third-order valence-electron chi connectivity index (χ3n) is 4.99. The number of hydrogen-bond donors (Lipinski definition) is 2. The quantitative estimate of drug-likeness (QED) is 0.356. The maximum atomic E-state index is 12.6. The molecule has 6 nitrogen and oxygen atoms in total. The second kappa shape index (κ2) is 9.16. The van der Waals surface area contributed by atoms with Crippen LogP contribution in [0.3, 0.4) is 0 Å². The number of nitrogens with zero attached hydrogens (tertiary/aromatic N) is 2. The number of alkyl halides is 3. The standard InChI is InChI=1S/C17H23F3N4O2S.HI/c1-21-16(23-15-11-14(15)12-5-3-2-4-6-12)22-13-7-9-24(10-8-13)27(25,26)17(18,19)20;/h2-6,13-15H,7-11H2,1H3,(H2,21,22,23);1H. The molecule has 2 unspecified atom stereocenters. The number of guanidine groups is 1. The first-order valence-corrected chi connectivity index (χ1v) is 10.3. The Hall–Kier alpha value is -1.08. The molecule has 0 aromatic heterocycles. The molecule has 0 spiro atoms. The van der Waals surface area contributed by atoms with Crippen LogP contribution in [-0.2, 0) is 10.0 Å². The van der Waals surface area contributed by atoms with Crippen LogP contribution in [0.2, 0.25) is 0 Å². The lowest BCUT2D eigenvalue weighted by Gasteiger charge is -2.32. The highest BCUT2D eigenvalue weighted by molar-refractivity contribution is 14.0. The normalized spacial score (nSPS) is 24.4. The number of sulfonamides is 1. The summed E-state index contributed by atoms with van der Waals surface area (Å²) in [6.07, 6.45) is 1.58. The van der Waals surface area contributed by atoms with Crippen LogP contribution in [0, 0.1) is 0 Å². The Balaban J connectivity index is 0.00000280. The van der Waals surface area contributed by atoms with E-state index in [4.69, 9.17) is 0 Å². The predicted molar refractivity (Wildman–Crippen MR) is 112 cm³/mol. The van der Waals surface area contributed by atoms with Gasteiger partial charge in [0.05, 0.1) is 0 Å². The molecule has 1 aliphatic heterocycles. The molecule has 1 heterocycles. The second-order valence-electron chi connectivity index (χ2n) is 6.84. The van der Waals surface area contributed by atoms with Crippen LogP contribution >= 0.6 is 24.0 Å². The lowest BCUT2D eigenvalue weighted by Crippen LogP contribution is -2.52. The zero-order valence-electron chi connectivity index (χ0n) is 15.3. The fourth-order valence-corrected chi connectivity index (χ4v) is 4.33. The summed E-state index contributed by atoms with van der Waals surface area (Å²) in [6.45, 7) is -0.320. The summed E-state index contributed by atoms with van der Waals surface area (Å²) < 4.78 is 61.3. The molecular formula is C17H24F3IN4O2S. The zero-order chi connectivity index (χ0) is 19.7. The van der Waals surface area contributed by atoms with Gasteiger partial charge in [0.15, 0.2) is 5.96 Å². The molecule has 2 fully saturated rings. The zero-order valence-corrected chi connectivity index (χ0v) is 18.5. The molecule has 1 saturated carbocycles. The first kappa shape index (κ1) is 23.2. The van der Waals surface area contributed by atoms with Crippen molar-refractivity contribution in [3.05, 3.63) is 35.9 Å². The van der Waals surface area contributed by atoms with Crippen molar-refractivity contribution in [1.82, 2.24) is 14.9 Å². The molecule has 158 valence electrons. The molecule has 0 bridgehead atoms. The summed E-state index contributed by atoms with van der Waals surface area (Å²) in [5.74, 6) is 1.01. The Bertz CT molecular complexity index is 781. The van der Waals surface area contributed by atoms with Gasteiger partial charge < -0.3 is 10.6 Å². The second-order valence-corrected chi connectivity index (χ2v) is 8.77. The van der Waals surface area contributed by atoms with E-state index >= 15 is 0 Å². The minimum absolute atomic E-state index is 0. The van der Waals surface area contributed by atoms with Gasteiger partial charge in [-0.25, -0.2) is 8.42 Å². The summed E-state index contributed by atoms with van der Waals surface area (Å²) in [7, 11) is -3.61. The fourth-order valence-electron chi connectivity index (χ4n) is 3.35. The number of benzene rings is 1. The maximum Gasteiger partial charge on any atom is 0.511 e. The maximum absolute atomic E-state index is 12.6. The van der Waals surface area contributed by atoms with Gasteiger partial charge in [-0.3, -0.25) is 4.99 Å². The van der Waals surface area contributed by atoms with Gasteiger partial charge in [0.25, 0.3) is 0 Å². The van der Waals surface area contributed by atoms with Crippen LogP contribution in [-0.4, -0.2) is 56.4 Å². The molecule has 11 heteroatoms.